The summed E-state index contributed by atoms with van der Waals surface area (Å²) in [7, 11) is 0. The van der Waals surface area contributed by atoms with E-state index in [0.29, 0.717) is 6.42 Å². The fourth-order valence-electron chi connectivity index (χ4n) is 2.68. The highest BCUT2D eigenvalue weighted by Crippen LogP contribution is 2.32. The third-order valence-corrected chi connectivity index (χ3v) is 3.72. The van der Waals surface area contributed by atoms with Gasteiger partial charge in [0, 0.05) is 12.5 Å². The molecule has 0 saturated carbocycles. The van der Waals surface area contributed by atoms with Crippen LogP contribution in [0, 0.1) is 0 Å². The van der Waals surface area contributed by atoms with Gasteiger partial charge in [-0.2, -0.15) is 0 Å². The minimum atomic E-state index is -0.689. The van der Waals surface area contributed by atoms with Crippen molar-refractivity contribution in [3.63, 3.8) is 0 Å². The topological polar surface area (TPSA) is 89.8 Å². The number of carbonyl (C=O) groups is 1. The first kappa shape index (κ1) is 13.5. The fraction of sp³-hybridized carbons (Fsp3) is 0.188. The Kier molecular flexibility index (Phi) is 3.27. The SMILES string of the molecule is O=C(N[C@@H]1c2ccccc2C[C@@H]1O)c1ccc(O)cc1O. The lowest BCUT2D eigenvalue weighted by molar-refractivity contribution is 0.0855. The molecule has 3 rings (SSSR count). The summed E-state index contributed by atoms with van der Waals surface area (Å²) in [5.41, 5.74) is 1.95. The lowest BCUT2D eigenvalue weighted by Gasteiger charge is -2.18. The van der Waals surface area contributed by atoms with Gasteiger partial charge in [-0.15, -0.1) is 0 Å². The average molecular weight is 285 g/mol. The maximum absolute atomic E-state index is 12.2. The number of carbonyl (C=O) groups excluding carboxylic acids is 1. The second-order valence-corrected chi connectivity index (χ2v) is 5.12. The van der Waals surface area contributed by atoms with Gasteiger partial charge in [0.2, 0.25) is 0 Å². The molecule has 0 saturated heterocycles. The maximum Gasteiger partial charge on any atom is 0.255 e. The lowest BCUT2D eigenvalue weighted by Crippen LogP contribution is -2.33. The van der Waals surface area contributed by atoms with Gasteiger partial charge < -0.3 is 20.6 Å². The molecule has 0 fully saturated rings. The maximum atomic E-state index is 12.2. The number of amides is 1. The molecule has 2 atom stereocenters. The van der Waals surface area contributed by atoms with Crippen molar-refractivity contribution in [1.29, 1.82) is 0 Å². The summed E-state index contributed by atoms with van der Waals surface area (Å²) in [6.07, 6.45) is -0.200. The van der Waals surface area contributed by atoms with E-state index < -0.39 is 18.1 Å². The van der Waals surface area contributed by atoms with E-state index in [4.69, 9.17) is 0 Å². The molecule has 0 aliphatic heterocycles. The van der Waals surface area contributed by atoms with Crippen LogP contribution in [0.2, 0.25) is 0 Å². The Hall–Kier alpha value is -2.53. The second kappa shape index (κ2) is 5.10. The minimum absolute atomic E-state index is 0.0596. The van der Waals surface area contributed by atoms with E-state index in [0.717, 1.165) is 17.2 Å². The third kappa shape index (κ3) is 2.43. The molecule has 0 aromatic heterocycles. The first-order chi connectivity index (χ1) is 10.1. The number of phenolic OH excluding ortho intramolecular Hbond substituents is 2. The van der Waals surface area contributed by atoms with Gasteiger partial charge in [0.15, 0.2) is 0 Å². The smallest absolute Gasteiger partial charge is 0.255 e. The van der Waals surface area contributed by atoms with E-state index in [1.165, 1.54) is 12.1 Å². The normalized spacial score (nSPS) is 20.0. The Morgan fingerprint density at radius 1 is 1.14 bits per heavy atom. The van der Waals surface area contributed by atoms with Crippen LogP contribution in [-0.2, 0) is 6.42 Å². The van der Waals surface area contributed by atoms with Gasteiger partial charge in [0.1, 0.15) is 11.5 Å². The van der Waals surface area contributed by atoms with Gasteiger partial charge in [-0.05, 0) is 23.3 Å². The van der Waals surface area contributed by atoms with Crippen LogP contribution in [0.15, 0.2) is 42.5 Å². The fourth-order valence-corrected chi connectivity index (χ4v) is 2.68. The van der Waals surface area contributed by atoms with E-state index >= 15 is 0 Å². The molecular formula is C16H15NO4. The van der Waals surface area contributed by atoms with Crippen LogP contribution in [0.5, 0.6) is 11.5 Å². The molecule has 0 bridgehead atoms. The number of aliphatic hydroxyl groups is 1. The van der Waals surface area contributed by atoms with Crippen LogP contribution in [0.25, 0.3) is 0 Å². The number of hydrogen-bond donors (Lipinski definition) is 4. The number of aromatic hydroxyl groups is 2. The first-order valence-electron chi connectivity index (χ1n) is 6.65. The largest absolute Gasteiger partial charge is 0.508 e. The van der Waals surface area contributed by atoms with Gasteiger partial charge in [0.25, 0.3) is 5.91 Å². The molecule has 1 aliphatic carbocycles. The zero-order chi connectivity index (χ0) is 15.0. The molecule has 5 nitrogen and oxygen atoms in total. The zero-order valence-corrected chi connectivity index (χ0v) is 11.2. The Labute approximate surface area is 121 Å². The quantitative estimate of drug-likeness (QED) is 0.673. The predicted molar refractivity (Wildman–Crippen MR) is 76.1 cm³/mol. The molecule has 2 aromatic carbocycles. The van der Waals surface area contributed by atoms with Crippen LogP contribution in [0.4, 0.5) is 0 Å². The molecule has 4 N–H and O–H groups in total. The molecule has 5 heteroatoms. The summed E-state index contributed by atoms with van der Waals surface area (Å²) in [5.74, 6) is -0.906. The number of aliphatic hydroxyl groups excluding tert-OH is 1. The highest BCUT2D eigenvalue weighted by atomic mass is 16.3. The van der Waals surface area contributed by atoms with Gasteiger partial charge in [-0.25, -0.2) is 0 Å². The third-order valence-electron chi connectivity index (χ3n) is 3.72. The number of hydrogen-bond acceptors (Lipinski definition) is 4. The van der Waals surface area contributed by atoms with Gasteiger partial charge in [-0.1, -0.05) is 24.3 Å². The molecule has 1 amide bonds. The van der Waals surface area contributed by atoms with Gasteiger partial charge in [-0.3, -0.25) is 4.79 Å². The molecule has 0 heterocycles. The molecular weight excluding hydrogens is 270 g/mol. The van der Waals surface area contributed by atoms with Crippen LogP contribution in [0.1, 0.15) is 27.5 Å². The van der Waals surface area contributed by atoms with E-state index in [2.05, 4.69) is 5.32 Å². The van der Waals surface area contributed by atoms with E-state index in [-0.39, 0.29) is 17.1 Å². The van der Waals surface area contributed by atoms with Crippen molar-refractivity contribution in [2.45, 2.75) is 18.6 Å². The molecule has 21 heavy (non-hydrogen) atoms. The van der Waals surface area contributed by atoms with E-state index in [1.54, 1.807) is 0 Å². The van der Waals surface area contributed by atoms with Crippen LogP contribution in [-0.4, -0.2) is 27.3 Å². The van der Waals surface area contributed by atoms with Crippen molar-refractivity contribution in [3.05, 3.63) is 59.2 Å². The van der Waals surface area contributed by atoms with Crippen molar-refractivity contribution in [1.82, 2.24) is 5.32 Å². The Morgan fingerprint density at radius 2 is 1.90 bits per heavy atom. The molecule has 0 unspecified atom stereocenters. The Bertz CT molecular complexity index is 698. The highest BCUT2D eigenvalue weighted by Gasteiger charge is 2.32. The number of fused-ring (bicyclic) bond motifs is 1. The lowest BCUT2D eigenvalue weighted by atomic mass is 10.1. The number of benzene rings is 2. The van der Waals surface area contributed by atoms with Crippen LogP contribution >= 0.6 is 0 Å². The highest BCUT2D eigenvalue weighted by molar-refractivity contribution is 5.97. The average Bonchev–Trinajstić information content (AvgIpc) is 2.75. The monoisotopic (exact) mass is 285 g/mol. The van der Waals surface area contributed by atoms with Crippen LogP contribution in [0.3, 0.4) is 0 Å². The summed E-state index contributed by atoms with van der Waals surface area (Å²) >= 11 is 0. The number of phenols is 2. The zero-order valence-electron chi connectivity index (χ0n) is 11.2. The van der Waals surface area contributed by atoms with Crippen LogP contribution < -0.4 is 5.32 Å². The van der Waals surface area contributed by atoms with Crippen molar-refractivity contribution >= 4 is 5.91 Å². The van der Waals surface area contributed by atoms with Gasteiger partial charge >= 0.3 is 0 Å². The van der Waals surface area contributed by atoms with E-state index in [1.807, 2.05) is 24.3 Å². The predicted octanol–water partition coefficient (Wildman–Crippen LogP) is 1.49. The van der Waals surface area contributed by atoms with Crippen molar-refractivity contribution in [2.75, 3.05) is 0 Å². The van der Waals surface area contributed by atoms with Crippen molar-refractivity contribution < 1.29 is 20.1 Å². The molecule has 0 spiro atoms. The standard InChI is InChI=1S/C16H15NO4/c18-10-5-6-12(13(19)8-10)16(21)17-15-11-4-2-1-3-9(11)7-14(15)20/h1-6,8,14-15,18-20H,7H2,(H,17,21)/t14-,15+/m0/s1. The Balaban J connectivity index is 1.85. The summed E-state index contributed by atoms with van der Waals surface area (Å²) < 4.78 is 0. The van der Waals surface area contributed by atoms with Gasteiger partial charge in [0.05, 0.1) is 17.7 Å². The first-order valence-corrected chi connectivity index (χ1v) is 6.65. The Morgan fingerprint density at radius 3 is 2.67 bits per heavy atom. The summed E-state index contributed by atoms with van der Waals surface area (Å²) in [6, 6.07) is 10.8. The molecule has 108 valence electrons. The second-order valence-electron chi connectivity index (χ2n) is 5.12. The molecule has 1 aliphatic rings. The number of rotatable bonds is 2. The number of nitrogens with one attached hydrogen (secondary N) is 1. The van der Waals surface area contributed by atoms with Crippen molar-refractivity contribution in [3.8, 4) is 11.5 Å². The summed E-state index contributed by atoms with van der Waals surface area (Å²) in [5, 5.41) is 31.8. The van der Waals surface area contributed by atoms with E-state index in [9.17, 15) is 20.1 Å². The molecule has 0 radical (unpaired) electrons. The summed E-state index contributed by atoms with van der Waals surface area (Å²) in [4.78, 5) is 12.2. The molecule has 2 aromatic rings. The van der Waals surface area contributed by atoms with Crippen molar-refractivity contribution in [2.24, 2.45) is 0 Å². The summed E-state index contributed by atoms with van der Waals surface area (Å²) in [6.45, 7) is 0. The minimum Gasteiger partial charge on any atom is -0.508 e.